The Morgan fingerprint density at radius 1 is 0.963 bits per heavy atom. The molecule has 0 saturated carbocycles. The van der Waals surface area contributed by atoms with Crippen LogP contribution in [0.4, 0.5) is 4.79 Å². The molecule has 2 aliphatic rings. The number of hydrogen-bond acceptors (Lipinski definition) is 18. The molecular formula is C57H80N4O17SSi2. The minimum Gasteiger partial charge on any atom is -0.497 e. The molecule has 2 heterocycles. The number of benzene rings is 3. The summed E-state index contributed by atoms with van der Waals surface area (Å²) in [6.45, 7) is 23.7. The Kier molecular flexibility index (Phi) is 22.1. The lowest BCUT2D eigenvalue weighted by molar-refractivity contribution is -0.148. The molecule has 21 nitrogen and oxygen atoms in total. The molecule has 2 fully saturated rings. The molecule has 3 aromatic rings. The van der Waals surface area contributed by atoms with Crippen molar-refractivity contribution in [1.82, 2.24) is 15.5 Å². The summed E-state index contributed by atoms with van der Waals surface area (Å²) in [7, 11) is -7.12. The molecule has 3 aromatic carbocycles. The van der Waals surface area contributed by atoms with Crippen molar-refractivity contribution in [3.05, 3.63) is 95.3 Å². The van der Waals surface area contributed by atoms with Crippen LogP contribution in [0.25, 0.3) is 10.8 Å². The number of hydrogen-bond donors (Lipinski definition) is 2. The fourth-order valence-corrected chi connectivity index (χ4v) is 13.6. The van der Waals surface area contributed by atoms with Crippen molar-refractivity contribution < 1.29 is 78.6 Å². The van der Waals surface area contributed by atoms with E-state index in [1.165, 1.54) is 33.3 Å². The Morgan fingerprint density at radius 2 is 1.59 bits per heavy atom. The van der Waals surface area contributed by atoms with Crippen molar-refractivity contribution in [2.24, 2.45) is 0 Å². The molecule has 0 aliphatic carbocycles. The molecule has 2 saturated heterocycles. The largest absolute Gasteiger partial charge is 0.497 e. The van der Waals surface area contributed by atoms with Crippen molar-refractivity contribution in [2.45, 2.75) is 160 Å². The summed E-state index contributed by atoms with van der Waals surface area (Å²) in [5, 5.41) is 17.3. The molecule has 0 spiro atoms. The molecule has 0 aromatic heterocycles. The fraction of sp³-hybridized carbons (Fsp3) is 0.544. The van der Waals surface area contributed by atoms with Gasteiger partial charge in [0.05, 0.1) is 75.8 Å². The average molecular weight is 1180 g/mol. The number of rotatable bonds is 27. The lowest BCUT2D eigenvalue weighted by Gasteiger charge is -2.40. The predicted octanol–water partition coefficient (Wildman–Crippen LogP) is 8.12. The zero-order chi connectivity index (χ0) is 60.4. The normalized spacial score (nSPS) is 19.9. The highest BCUT2D eigenvalue weighted by Crippen LogP contribution is 2.42. The Hall–Kier alpha value is -6.18. The van der Waals surface area contributed by atoms with Gasteiger partial charge in [-0.15, -0.1) is 0 Å². The number of esters is 2. The number of carbonyl (C=O) groups is 5. The number of fused-ring (bicyclic) bond motifs is 1. The molecule has 8 atom stereocenters. The number of likely N-dealkylation sites (tertiary alicyclic amines) is 1. The van der Waals surface area contributed by atoms with E-state index in [2.05, 4.69) is 23.3 Å². The number of carbonyl (C=O) groups excluding carboxylic acids is 5. The van der Waals surface area contributed by atoms with Crippen LogP contribution in [0.1, 0.15) is 83.8 Å². The third-order valence-corrected chi connectivity index (χ3v) is 25.0. The van der Waals surface area contributed by atoms with Crippen molar-refractivity contribution in [2.75, 3.05) is 40.3 Å². The van der Waals surface area contributed by atoms with E-state index >= 15 is 9.59 Å². The number of amides is 3. The van der Waals surface area contributed by atoms with Crippen molar-refractivity contribution in [3.63, 3.8) is 0 Å². The number of methoxy groups -OCH3 is 2. The molecule has 1 unspecified atom stereocenters. The van der Waals surface area contributed by atoms with Gasteiger partial charge in [-0.3, -0.25) is 23.5 Å². The number of aryl methyl sites for hydroxylation is 1. The number of nitriles is 1. The fourth-order valence-electron chi connectivity index (χ4n) is 9.14. The van der Waals surface area contributed by atoms with E-state index in [-0.39, 0.29) is 18.8 Å². The lowest BCUT2D eigenvalue weighted by Crippen LogP contribution is -2.58. The van der Waals surface area contributed by atoms with E-state index < -0.39 is 134 Å². The summed E-state index contributed by atoms with van der Waals surface area (Å²) in [6.07, 6.45) is -6.05. The van der Waals surface area contributed by atoms with Crippen LogP contribution < -0.4 is 20.1 Å². The van der Waals surface area contributed by atoms with Crippen LogP contribution in [-0.4, -0.2) is 148 Å². The Morgan fingerprint density at radius 3 is 2.12 bits per heavy atom. The average Bonchev–Trinajstić information content (AvgIpc) is 4.32. The van der Waals surface area contributed by atoms with Crippen LogP contribution >= 0.6 is 0 Å². The SMILES string of the molecule is C=CCOC(=O)N1/C(=C(\NC(=O)[C@@](C)(OC(=O)c2cc(OC)cc3c(C)cccc23)[C@@H]2CO2)C(=O)N[C@H](C(C#N)O[Si](C)(C)C(C)(C)C)[C@@H](C)OCc2ccc(OC)cc2)[C@@H](OC(C)=O)[C@H](O[Si](CC)(CC)CC)[C@@H]1COS(C)(=O)=O. The van der Waals surface area contributed by atoms with E-state index in [1.54, 1.807) is 49.4 Å². The molecule has 24 heteroatoms. The summed E-state index contributed by atoms with van der Waals surface area (Å²) in [4.78, 5) is 75.7. The monoisotopic (exact) mass is 1180 g/mol. The third kappa shape index (κ3) is 15.9. The molecule has 3 amide bonds. The first-order valence-corrected chi connectivity index (χ1v) is 34.1. The first kappa shape index (κ1) is 65.6. The van der Waals surface area contributed by atoms with E-state index in [0.717, 1.165) is 23.6 Å². The maximum absolute atomic E-state index is 16.1. The van der Waals surface area contributed by atoms with Gasteiger partial charge in [-0.1, -0.05) is 84.5 Å². The van der Waals surface area contributed by atoms with Gasteiger partial charge in [-0.05, 0) is 103 Å². The highest BCUT2D eigenvalue weighted by Gasteiger charge is 2.58. The molecule has 5 rings (SSSR count). The van der Waals surface area contributed by atoms with Crippen LogP contribution in [0.3, 0.4) is 0 Å². The summed E-state index contributed by atoms with van der Waals surface area (Å²) in [6, 6.07) is 16.4. The van der Waals surface area contributed by atoms with Crippen LogP contribution in [0.2, 0.25) is 36.3 Å². The third-order valence-electron chi connectivity index (χ3n) is 15.3. The topological polar surface area (TPSA) is 266 Å². The molecule has 2 N–H and O–H groups in total. The van der Waals surface area contributed by atoms with Gasteiger partial charge in [0.25, 0.3) is 21.9 Å². The Bertz CT molecular complexity index is 2960. The number of nitrogens with one attached hydrogen (secondary N) is 2. The molecule has 444 valence electrons. The molecular weight excluding hydrogens is 1100 g/mol. The molecule has 0 bridgehead atoms. The highest BCUT2D eigenvalue weighted by molar-refractivity contribution is 7.86. The van der Waals surface area contributed by atoms with E-state index in [1.807, 2.05) is 67.6 Å². The minimum absolute atomic E-state index is 0.0237. The van der Waals surface area contributed by atoms with Gasteiger partial charge in [0.1, 0.15) is 36.0 Å². The van der Waals surface area contributed by atoms with Gasteiger partial charge in [0, 0.05) is 6.92 Å². The quantitative estimate of drug-likeness (QED) is 0.0139. The van der Waals surface area contributed by atoms with Crippen LogP contribution in [-0.2, 0) is 67.8 Å². The lowest BCUT2D eigenvalue weighted by atomic mass is 9.98. The van der Waals surface area contributed by atoms with E-state index in [4.69, 9.17) is 46.2 Å². The predicted molar refractivity (Wildman–Crippen MR) is 306 cm³/mol. The first-order valence-electron chi connectivity index (χ1n) is 26.8. The number of nitrogens with zero attached hydrogens (tertiary/aromatic N) is 2. The zero-order valence-corrected chi connectivity index (χ0v) is 52.0. The Balaban J connectivity index is 1.84. The van der Waals surface area contributed by atoms with Gasteiger partial charge < -0.3 is 52.6 Å². The van der Waals surface area contributed by atoms with Crippen molar-refractivity contribution in [1.29, 1.82) is 5.26 Å². The molecule has 0 radical (unpaired) electrons. The molecule has 81 heavy (non-hydrogen) atoms. The number of ether oxygens (including phenoxy) is 7. The van der Waals surface area contributed by atoms with E-state index in [9.17, 15) is 28.1 Å². The van der Waals surface area contributed by atoms with Gasteiger partial charge in [-0.25, -0.2) is 9.59 Å². The van der Waals surface area contributed by atoms with Crippen LogP contribution in [0.15, 0.2) is 78.6 Å². The second-order valence-corrected chi connectivity index (χ2v) is 32.9. The highest BCUT2D eigenvalue weighted by atomic mass is 32.2. The van der Waals surface area contributed by atoms with Crippen molar-refractivity contribution >= 4 is 67.4 Å². The maximum atomic E-state index is 16.1. The molecule has 2 aliphatic heterocycles. The van der Waals surface area contributed by atoms with Gasteiger partial charge >= 0.3 is 18.0 Å². The minimum atomic E-state index is -4.29. The number of epoxide rings is 1. The summed E-state index contributed by atoms with van der Waals surface area (Å²) >= 11 is 0. The zero-order valence-electron chi connectivity index (χ0n) is 49.2. The van der Waals surface area contributed by atoms with Crippen molar-refractivity contribution in [3.8, 4) is 17.6 Å². The summed E-state index contributed by atoms with van der Waals surface area (Å²) in [5.41, 5.74) is -2.06. The van der Waals surface area contributed by atoms with Gasteiger partial charge in [-0.2, -0.15) is 13.7 Å². The first-order chi connectivity index (χ1) is 38.0. The van der Waals surface area contributed by atoms with Crippen LogP contribution in [0, 0.1) is 18.3 Å². The smallest absolute Gasteiger partial charge is 0.414 e. The summed E-state index contributed by atoms with van der Waals surface area (Å²) in [5.74, 6) is -3.36. The summed E-state index contributed by atoms with van der Waals surface area (Å²) < 4.78 is 86.0. The van der Waals surface area contributed by atoms with E-state index in [0.29, 0.717) is 46.0 Å². The second kappa shape index (κ2) is 27.3. The Labute approximate surface area is 478 Å². The standard InChI is InChI=1S/C57H80N4O17SSi2/c1-17-28-71-55(66)61-44(33-74-79(14,67)68)50(78-81(18-2,19-3)20-4)51(75-37(7)62)49(61)48(60-54(65)57(11,46-34-73-46)76-53(64)43-30-40(70-13)29-42-35(5)22-21-23-41(42)43)52(63)59-47(45(31-58)77-80(15,16)56(8,9)10)36(6)72-32-38-24-26-39(69-12)27-25-38/h17,21-27,29-30,36,44-47,50-51H,1,18-20,28,32-34H2,2-16H3,(H,59,63)(H,60,65)/b49-48-/t36-,44+,45?,46+,47+,50-,51-,57+/m1/s1. The second-order valence-electron chi connectivity index (χ2n) is 21.8. The van der Waals surface area contributed by atoms with Gasteiger partial charge in [0.15, 0.2) is 28.8 Å². The van der Waals surface area contributed by atoms with Gasteiger partial charge in [0.2, 0.25) is 5.60 Å². The van der Waals surface area contributed by atoms with Crippen LogP contribution in [0.5, 0.6) is 11.5 Å². The maximum Gasteiger partial charge on any atom is 0.414 e.